The van der Waals surface area contributed by atoms with Crippen molar-refractivity contribution < 1.29 is 14.2 Å². The molecule has 1 fully saturated rings. The molecule has 0 bridgehead atoms. The Morgan fingerprint density at radius 3 is 2.79 bits per heavy atom. The molecule has 2 nitrogen and oxygen atoms in total. The Morgan fingerprint density at radius 2 is 2.05 bits per heavy atom. The summed E-state index contributed by atoms with van der Waals surface area (Å²) in [5, 5.41) is 8.66. The van der Waals surface area contributed by atoms with Gasteiger partial charge in [0.05, 0.1) is 13.2 Å². The third-order valence-corrected chi connectivity index (χ3v) is 3.30. The molecule has 0 amide bonds. The quantitative estimate of drug-likeness (QED) is 0.845. The molecule has 19 heavy (non-hydrogen) atoms. The molecular formula is C16H19FO2. The standard InChI is InChI=1S/C16H19FO2/c17-15-9-14(7-3-4-8-18)10-16(11-15)19-12-13-5-1-2-6-13/h9-11,13,18H,1-2,4-6,8,12H2. The van der Waals surface area contributed by atoms with Crippen molar-refractivity contribution in [1.82, 2.24) is 0 Å². The van der Waals surface area contributed by atoms with Crippen molar-refractivity contribution in [3.63, 3.8) is 0 Å². The zero-order valence-electron chi connectivity index (χ0n) is 11.0. The van der Waals surface area contributed by atoms with Gasteiger partial charge in [-0.2, -0.15) is 0 Å². The van der Waals surface area contributed by atoms with E-state index in [1.165, 1.54) is 37.8 Å². The van der Waals surface area contributed by atoms with Gasteiger partial charge in [0, 0.05) is 18.1 Å². The lowest BCUT2D eigenvalue weighted by molar-refractivity contribution is 0.251. The van der Waals surface area contributed by atoms with Gasteiger partial charge in [-0.3, -0.25) is 0 Å². The van der Waals surface area contributed by atoms with Crippen LogP contribution in [0, 0.1) is 23.6 Å². The van der Waals surface area contributed by atoms with Gasteiger partial charge in [-0.1, -0.05) is 24.7 Å². The highest BCUT2D eigenvalue weighted by Gasteiger charge is 2.15. The van der Waals surface area contributed by atoms with E-state index in [0.717, 1.165) is 0 Å². The van der Waals surface area contributed by atoms with Gasteiger partial charge in [0.1, 0.15) is 11.6 Å². The molecule has 0 heterocycles. The summed E-state index contributed by atoms with van der Waals surface area (Å²) in [6.07, 6.45) is 5.36. The Kier molecular flexibility index (Phi) is 5.23. The van der Waals surface area contributed by atoms with Gasteiger partial charge >= 0.3 is 0 Å². The summed E-state index contributed by atoms with van der Waals surface area (Å²) < 4.78 is 19.1. The van der Waals surface area contributed by atoms with Crippen LogP contribution in [0.3, 0.4) is 0 Å². The second-order valence-electron chi connectivity index (χ2n) is 4.91. The average molecular weight is 262 g/mol. The molecule has 0 radical (unpaired) electrons. The van der Waals surface area contributed by atoms with Crippen LogP contribution in [0.4, 0.5) is 4.39 Å². The Hall–Kier alpha value is -1.53. The third-order valence-electron chi connectivity index (χ3n) is 3.30. The molecule has 1 aromatic carbocycles. The van der Waals surface area contributed by atoms with Gasteiger partial charge in [0.15, 0.2) is 0 Å². The number of rotatable bonds is 4. The Bertz CT molecular complexity index is 467. The number of aliphatic hydroxyl groups excluding tert-OH is 1. The summed E-state index contributed by atoms with van der Waals surface area (Å²) in [6, 6.07) is 4.53. The lowest BCUT2D eigenvalue weighted by Crippen LogP contribution is -2.08. The molecule has 0 saturated heterocycles. The maximum Gasteiger partial charge on any atom is 0.128 e. The average Bonchev–Trinajstić information content (AvgIpc) is 2.89. The fourth-order valence-corrected chi connectivity index (χ4v) is 2.33. The molecular weight excluding hydrogens is 243 g/mol. The summed E-state index contributed by atoms with van der Waals surface area (Å²) in [5.41, 5.74) is 0.592. The fraction of sp³-hybridized carbons (Fsp3) is 0.500. The van der Waals surface area contributed by atoms with Crippen LogP contribution in [0.15, 0.2) is 18.2 Å². The first-order valence-electron chi connectivity index (χ1n) is 6.81. The summed E-state index contributed by atoms with van der Waals surface area (Å²) in [6.45, 7) is 0.681. The van der Waals surface area contributed by atoms with E-state index < -0.39 is 0 Å². The highest BCUT2D eigenvalue weighted by Crippen LogP contribution is 2.26. The molecule has 0 spiro atoms. The van der Waals surface area contributed by atoms with E-state index in [0.29, 0.717) is 30.3 Å². The molecule has 0 aromatic heterocycles. The van der Waals surface area contributed by atoms with E-state index in [2.05, 4.69) is 11.8 Å². The molecule has 102 valence electrons. The van der Waals surface area contributed by atoms with Gasteiger partial charge in [0.2, 0.25) is 0 Å². The lowest BCUT2D eigenvalue weighted by Gasteiger charge is -2.11. The number of hydrogen-bond acceptors (Lipinski definition) is 2. The van der Waals surface area contributed by atoms with E-state index in [9.17, 15) is 4.39 Å². The normalized spacial score (nSPS) is 15.1. The maximum absolute atomic E-state index is 13.4. The molecule has 0 unspecified atom stereocenters. The number of aliphatic hydroxyl groups is 1. The van der Waals surface area contributed by atoms with Crippen molar-refractivity contribution in [1.29, 1.82) is 0 Å². The summed E-state index contributed by atoms with van der Waals surface area (Å²) in [5.74, 6) is 6.42. The van der Waals surface area contributed by atoms with Crippen molar-refractivity contribution in [3.8, 4) is 17.6 Å². The lowest BCUT2D eigenvalue weighted by atomic mass is 10.1. The second-order valence-corrected chi connectivity index (χ2v) is 4.91. The number of benzene rings is 1. The van der Waals surface area contributed by atoms with E-state index >= 15 is 0 Å². The number of halogens is 1. The first kappa shape index (κ1) is 13.9. The zero-order chi connectivity index (χ0) is 13.5. The van der Waals surface area contributed by atoms with Gasteiger partial charge in [-0.25, -0.2) is 4.39 Å². The monoisotopic (exact) mass is 262 g/mol. The Balaban J connectivity index is 1.97. The van der Waals surface area contributed by atoms with Crippen molar-refractivity contribution in [2.24, 2.45) is 5.92 Å². The van der Waals surface area contributed by atoms with Gasteiger partial charge in [0.25, 0.3) is 0 Å². The van der Waals surface area contributed by atoms with E-state index in [4.69, 9.17) is 9.84 Å². The first-order chi connectivity index (χ1) is 9.28. The molecule has 3 heteroatoms. The van der Waals surface area contributed by atoms with Crippen molar-refractivity contribution in [2.75, 3.05) is 13.2 Å². The Labute approximate surface area is 113 Å². The van der Waals surface area contributed by atoms with Gasteiger partial charge in [-0.15, -0.1) is 0 Å². The molecule has 1 aromatic rings. The predicted octanol–water partition coefficient (Wildman–Crippen LogP) is 3.13. The summed E-state index contributed by atoms with van der Waals surface area (Å²) in [7, 11) is 0. The minimum absolute atomic E-state index is 0.0212. The van der Waals surface area contributed by atoms with Crippen LogP contribution in [-0.2, 0) is 0 Å². The van der Waals surface area contributed by atoms with Gasteiger partial charge < -0.3 is 9.84 Å². The molecule has 0 aliphatic heterocycles. The van der Waals surface area contributed by atoms with Crippen LogP contribution in [0.1, 0.15) is 37.7 Å². The number of ether oxygens (including phenoxy) is 1. The van der Waals surface area contributed by atoms with E-state index in [1.54, 1.807) is 6.07 Å². The van der Waals surface area contributed by atoms with Crippen LogP contribution in [0.5, 0.6) is 5.75 Å². The molecule has 1 saturated carbocycles. The molecule has 1 N–H and O–H groups in total. The summed E-state index contributed by atoms with van der Waals surface area (Å²) in [4.78, 5) is 0. The predicted molar refractivity (Wildman–Crippen MR) is 72.4 cm³/mol. The SMILES string of the molecule is OCCC#Cc1cc(F)cc(OCC2CCCC2)c1. The highest BCUT2D eigenvalue weighted by atomic mass is 19.1. The summed E-state index contributed by atoms with van der Waals surface area (Å²) >= 11 is 0. The van der Waals surface area contributed by atoms with Crippen molar-refractivity contribution in [2.45, 2.75) is 32.1 Å². The molecule has 0 atom stereocenters. The van der Waals surface area contributed by atoms with Crippen molar-refractivity contribution in [3.05, 3.63) is 29.6 Å². The topological polar surface area (TPSA) is 29.5 Å². The van der Waals surface area contributed by atoms with Crippen LogP contribution in [0.2, 0.25) is 0 Å². The largest absolute Gasteiger partial charge is 0.493 e. The third kappa shape index (κ3) is 4.57. The zero-order valence-corrected chi connectivity index (χ0v) is 11.0. The minimum Gasteiger partial charge on any atom is -0.493 e. The molecule has 1 aliphatic carbocycles. The Morgan fingerprint density at radius 1 is 1.26 bits per heavy atom. The van der Waals surface area contributed by atoms with Crippen LogP contribution < -0.4 is 4.74 Å². The molecule has 1 aliphatic rings. The first-order valence-corrected chi connectivity index (χ1v) is 6.81. The van der Waals surface area contributed by atoms with E-state index in [1.807, 2.05) is 0 Å². The van der Waals surface area contributed by atoms with E-state index in [-0.39, 0.29) is 12.4 Å². The highest BCUT2D eigenvalue weighted by molar-refractivity contribution is 5.40. The number of hydrogen-bond donors (Lipinski definition) is 1. The van der Waals surface area contributed by atoms with Crippen LogP contribution in [0.25, 0.3) is 0 Å². The van der Waals surface area contributed by atoms with Crippen LogP contribution >= 0.6 is 0 Å². The van der Waals surface area contributed by atoms with Gasteiger partial charge in [-0.05, 0) is 30.9 Å². The molecule has 2 rings (SSSR count). The maximum atomic E-state index is 13.4. The van der Waals surface area contributed by atoms with Crippen LogP contribution in [-0.4, -0.2) is 18.3 Å². The van der Waals surface area contributed by atoms with Crippen molar-refractivity contribution >= 4 is 0 Å². The minimum atomic E-state index is -0.336. The second kappa shape index (κ2) is 7.16. The smallest absolute Gasteiger partial charge is 0.128 e. The fourth-order valence-electron chi connectivity index (χ4n) is 2.33.